The van der Waals surface area contributed by atoms with E-state index in [4.69, 9.17) is 9.84 Å². The first-order chi connectivity index (χ1) is 9.76. The van der Waals surface area contributed by atoms with Gasteiger partial charge in [0.15, 0.2) is 0 Å². The lowest BCUT2D eigenvalue weighted by atomic mass is 10.2. The largest absolute Gasteiger partial charge is 0.485 e. The van der Waals surface area contributed by atoms with Crippen LogP contribution in [-0.2, 0) is 13.2 Å². The number of para-hydroxylation sites is 1. The fourth-order valence-corrected chi connectivity index (χ4v) is 2.14. The summed E-state index contributed by atoms with van der Waals surface area (Å²) in [6.07, 6.45) is 0. The standard InChI is InChI=1S/C16H16N2O2/c1-11-4-2-3-5-15(11)20-10-16-17-13-7-6-12(9-19)8-14(13)18-16/h2-8,19H,9-10H2,1H3,(H,17,18). The number of aromatic nitrogens is 2. The molecule has 0 atom stereocenters. The maximum absolute atomic E-state index is 9.13. The number of nitrogens with one attached hydrogen (secondary N) is 1. The van der Waals surface area contributed by atoms with Gasteiger partial charge in [0, 0.05) is 0 Å². The number of hydrogen-bond donors (Lipinski definition) is 2. The summed E-state index contributed by atoms with van der Waals surface area (Å²) in [6.45, 7) is 2.44. The predicted molar refractivity (Wildman–Crippen MR) is 77.5 cm³/mol. The molecule has 20 heavy (non-hydrogen) atoms. The minimum Gasteiger partial charge on any atom is -0.485 e. The van der Waals surface area contributed by atoms with Gasteiger partial charge in [-0.2, -0.15) is 0 Å². The Bertz CT molecular complexity index is 734. The van der Waals surface area contributed by atoms with Gasteiger partial charge in [0.2, 0.25) is 0 Å². The van der Waals surface area contributed by atoms with Crippen molar-refractivity contribution in [3.8, 4) is 5.75 Å². The number of nitrogens with zero attached hydrogens (tertiary/aromatic N) is 1. The Morgan fingerprint density at radius 1 is 1.20 bits per heavy atom. The summed E-state index contributed by atoms with van der Waals surface area (Å²) in [7, 11) is 0. The first-order valence-electron chi connectivity index (χ1n) is 6.53. The van der Waals surface area contributed by atoms with Crippen LogP contribution in [0.15, 0.2) is 42.5 Å². The zero-order chi connectivity index (χ0) is 13.9. The molecule has 3 rings (SSSR count). The highest BCUT2D eigenvalue weighted by atomic mass is 16.5. The van der Waals surface area contributed by atoms with Crippen molar-refractivity contribution < 1.29 is 9.84 Å². The summed E-state index contributed by atoms with van der Waals surface area (Å²) in [4.78, 5) is 7.68. The fraction of sp³-hybridized carbons (Fsp3) is 0.188. The molecule has 0 saturated carbocycles. The fourth-order valence-electron chi connectivity index (χ4n) is 2.14. The molecule has 4 heteroatoms. The molecule has 0 aliphatic rings. The lowest BCUT2D eigenvalue weighted by Gasteiger charge is -2.06. The minimum absolute atomic E-state index is 0.0317. The predicted octanol–water partition coefficient (Wildman–Crippen LogP) is 2.94. The number of H-pyrrole nitrogens is 1. The molecule has 0 aliphatic carbocycles. The third kappa shape index (κ3) is 2.51. The quantitative estimate of drug-likeness (QED) is 0.765. The van der Waals surface area contributed by atoms with Gasteiger partial charge in [-0.1, -0.05) is 24.3 Å². The van der Waals surface area contributed by atoms with Gasteiger partial charge in [-0.05, 0) is 36.2 Å². The number of imidazole rings is 1. The molecular formula is C16H16N2O2. The topological polar surface area (TPSA) is 58.1 Å². The van der Waals surface area contributed by atoms with Gasteiger partial charge in [0.25, 0.3) is 0 Å². The van der Waals surface area contributed by atoms with Crippen LogP contribution in [0.5, 0.6) is 5.75 Å². The second-order valence-electron chi connectivity index (χ2n) is 4.75. The number of rotatable bonds is 4. The van der Waals surface area contributed by atoms with Crippen molar-refractivity contribution in [1.29, 1.82) is 0 Å². The molecule has 2 aromatic carbocycles. The third-order valence-electron chi connectivity index (χ3n) is 3.24. The zero-order valence-corrected chi connectivity index (χ0v) is 11.3. The van der Waals surface area contributed by atoms with E-state index in [0.29, 0.717) is 6.61 Å². The van der Waals surface area contributed by atoms with Gasteiger partial charge in [-0.25, -0.2) is 4.98 Å². The Morgan fingerprint density at radius 3 is 2.85 bits per heavy atom. The molecule has 0 aliphatic heterocycles. The second kappa shape index (κ2) is 5.35. The monoisotopic (exact) mass is 268 g/mol. The first-order valence-corrected chi connectivity index (χ1v) is 6.53. The summed E-state index contributed by atoms with van der Waals surface area (Å²) in [6, 6.07) is 13.6. The van der Waals surface area contributed by atoms with E-state index in [2.05, 4.69) is 9.97 Å². The maximum Gasteiger partial charge on any atom is 0.146 e. The molecule has 0 saturated heterocycles. The van der Waals surface area contributed by atoms with Crippen molar-refractivity contribution >= 4 is 11.0 Å². The van der Waals surface area contributed by atoms with Crippen LogP contribution < -0.4 is 4.74 Å². The van der Waals surface area contributed by atoms with E-state index < -0.39 is 0 Å². The Kier molecular flexibility index (Phi) is 3.39. The summed E-state index contributed by atoms with van der Waals surface area (Å²) in [5, 5.41) is 9.13. The van der Waals surface area contributed by atoms with Crippen LogP contribution in [0.2, 0.25) is 0 Å². The van der Waals surface area contributed by atoms with Crippen molar-refractivity contribution in [2.75, 3.05) is 0 Å². The van der Waals surface area contributed by atoms with Crippen molar-refractivity contribution in [3.05, 3.63) is 59.4 Å². The molecule has 0 amide bonds. The summed E-state index contributed by atoms with van der Waals surface area (Å²) >= 11 is 0. The molecule has 4 nitrogen and oxygen atoms in total. The van der Waals surface area contributed by atoms with Crippen molar-refractivity contribution in [2.45, 2.75) is 20.1 Å². The van der Waals surface area contributed by atoms with E-state index in [1.807, 2.05) is 49.4 Å². The lowest BCUT2D eigenvalue weighted by molar-refractivity contribution is 0.282. The number of aryl methyl sites for hydroxylation is 1. The van der Waals surface area contributed by atoms with Crippen molar-refractivity contribution in [2.24, 2.45) is 0 Å². The highest BCUT2D eigenvalue weighted by molar-refractivity contribution is 5.75. The van der Waals surface area contributed by atoms with Gasteiger partial charge in [0.1, 0.15) is 18.2 Å². The number of aliphatic hydroxyl groups excluding tert-OH is 1. The molecule has 1 heterocycles. The molecule has 0 spiro atoms. The number of ether oxygens (including phenoxy) is 1. The molecule has 0 bridgehead atoms. The van der Waals surface area contributed by atoms with Gasteiger partial charge in [-0.15, -0.1) is 0 Å². The zero-order valence-electron chi connectivity index (χ0n) is 11.3. The summed E-state index contributed by atoms with van der Waals surface area (Å²) in [5.74, 6) is 1.64. The van der Waals surface area contributed by atoms with E-state index in [-0.39, 0.29) is 6.61 Å². The molecule has 1 aromatic heterocycles. The molecule has 3 aromatic rings. The molecule has 0 radical (unpaired) electrons. The van der Waals surface area contributed by atoms with Gasteiger partial charge in [0.05, 0.1) is 17.6 Å². The summed E-state index contributed by atoms with van der Waals surface area (Å²) in [5.41, 5.74) is 3.77. The number of fused-ring (bicyclic) bond motifs is 1. The molecular weight excluding hydrogens is 252 g/mol. The average molecular weight is 268 g/mol. The molecule has 0 unspecified atom stereocenters. The van der Waals surface area contributed by atoms with E-state index in [1.54, 1.807) is 0 Å². The highest BCUT2D eigenvalue weighted by Gasteiger charge is 2.05. The Balaban J connectivity index is 1.79. The van der Waals surface area contributed by atoms with Crippen LogP contribution >= 0.6 is 0 Å². The van der Waals surface area contributed by atoms with Crippen molar-refractivity contribution in [1.82, 2.24) is 9.97 Å². The lowest BCUT2D eigenvalue weighted by Crippen LogP contribution is -1.98. The Morgan fingerprint density at radius 2 is 2.05 bits per heavy atom. The van der Waals surface area contributed by atoms with Crippen LogP contribution in [-0.4, -0.2) is 15.1 Å². The molecule has 102 valence electrons. The Labute approximate surface area is 117 Å². The van der Waals surface area contributed by atoms with Crippen LogP contribution in [0.25, 0.3) is 11.0 Å². The second-order valence-corrected chi connectivity index (χ2v) is 4.75. The van der Waals surface area contributed by atoms with Crippen LogP contribution in [0.4, 0.5) is 0 Å². The number of aliphatic hydroxyl groups is 1. The maximum atomic E-state index is 9.13. The van der Waals surface area contributed by atoms with Gasteiger partial charge in [-0.3, -0.25) is 0 Å². The first kappa shape index (κ1) is 12.7. The third-order valence-corrected chi connectivity index (χ3v) is 3.24. The summed E-state index contributed by atoms with van der Waals surface area (Å²) < 4.78 is 5.77. The van der Waals surface area contributed by atoms with Gasteiger partial charge >= 0.3 is 0 Å². The smallest absolute Gasteiger partial charge is 0.146 e. The van der Waals surface area contributed by atoms with Crippen LogP contribution in [0, 0.1) is 6.92 Å². The minimum atomic E-state index is 0.0317. The number of aromatic amines is 1. The molecule has 0 fully saturated rings. The number of hydrogen-bond acceptors (Lipinski definition) is 3. The Hall–Kier alpha value is -2.33. The SMILES string of the molecule is Cc1ccccc1OCc1nc2ccc(CO)cc2[nH]1. The van der Waals surface area contributed by atoms with Gasteiger partial charge < -0.3 is 14.8 Å². The van der Waals surface area contributed by atoms with E-state index in [9.17, 15) is 0 Å². The average Bonchev–Trinajstić information content (AvgIpc) is 2.88. The van der Waals surface area contributed by atoms with E-state index in [0.717, 1.165) is 33.7 Å². The van der Waals surface area contributed by atoms with Crippen LogP contribution in [0.3, 0.4) is 0 Å². The highest BCUT2D eigenvalue weighted by Crippen LogP contribution is 2.19. The van der Waals surface area contributed by atoms with Crippen molar-refractivity contribution in [3.63, 3.8) is 0 Å². The van der Waals surface area contributed by atoms with Crippen LogP contribution in [0.1, 0.15) is 17.0 Å². The van der Waals surface area contributed by atoms with E-state index in [1.165, 1.54) is 0 Å². The molecule has 2 N–H and O–H groups in total. The normalized spacial score (nSPS) is 10.9. The van der Waals surface area contributed by atoms with E-state index >= 15 is 0 Å². The number of benzene rings is 2.